The summed E-state index contributed by atoms with van der Waals surface area (Å²) in [6, 6.07) is 6.71. The molecular formula is C13H20. The summed E-state index contributed by atoms with van der Waals surface area (Å²) < 4.78 is 0. The molecule has 0 aliphatic carbocycles. The zero-order valence-electron chi connectivity index (χ0n) is 9.44. The maximum Gasteiger partial charge on any atom is -0.0227 e. The fourth-order valence-corrected chi connectivity index (χ4v) is 1.56. The molecule has 13 heavy (non-hydrogen) atoms. The van der Waals surface area contributed by atoms with Crippen LogP contribution < -0.4 is 0 Å². The van der Waals surface area contributed by atoms with E-state index in [-0.39, 0.29) is 0 Å². The summed E-state index contributed by atoms with van der Waals surface area (Å²) in [5.41, 5.74) is 4.66. The Bertz CT molecular complexity index is 289. The lowest BCUT2D eigenvalue weighted by Crippen LogP contribution is -2.10. The number of rotatable bonds is 1. The minimum absolute atomic E-state index is 0.387. The second-order valence-corrected chi connectivity index (χ2v) is 5.17. The third-order valence-electron chi connectivity index (χ3n) is 2.23. The van der Waals surface area contributed by atoms with Crippen molar-refractivity contribution >= 4 is 0 Å². The number of hydrogen-bond donors (Lipinski definition) is 0. The van der Waals surface area contributed by atoms with Crippen LogP contribution in [-0.2, 0) is 6.42 Å². The minimum Gasteiger partial charge on any atom is -0.0599 e. The average molecular weight is 176 g/mol. The highest BCUT2D eigenvalue weighted by Gasteiger charge is 2.12. The zero-order chi connectivity index (χ0) is 10.1. The van der Waals surface area contributed by atoms with Gasteiger partial charge in [0.2, 0.25) is 0 Å². The number of aryl methyl sites for hydroxylation is 2. The first-order valence-corrected chi connectivity index (χ1v) is 4.95. The van der Waals surface area contributed by atoms with E-state index in [0.717, 1.165) is 0 Å². The molecule has 1 aromatic carbocycles. The van der Waals surface area contributed by atoms with E-state index >= 15 is 0 Å². The topological polar surface area (TPSA) is 0 Å². The maximum atomic E-state index is 2.31. The van der Waals surface area contributed by atoms with E-state index in [0.29, 0.717) is 5.41 Å². The van der Waals surface area contributed by atoms with Crippen molar-refractivity contribution in [3.8, 4) is 0 Å². The molecule has 0 heteroatoms. The molecule has 72 valence electrons. The van der Waals surface area contributed by atoms with Gasteiger partial charge >= 0.3 is 0 Å². The fraction of sp³-hybridized carbons (Fsp3) is 0.538. The molecule has 0 radical (unpaired) electrons. The zero-order valence-corrected chi connectivity index (χ0v) is 9.44. The first-order chi connectivity index (χ1) is 5.88. The van der Waals surface area contributed by atoms with Crippen molar-refractivity contribution in [2.45, 2.75) is 41.0 Å². The molecule has 0 saturated carbocycles. The van der Waals surface area contributed by atoms with Crippen LogP contribution in [0.1, 0.15) is 37.5 Å². The first-order valence-electron chi connectivity index (χ1n) is 4.95. The quantitative estimate of drug-likeness (QED) is 0.609. The van der Waals surface area contributed by atoms with Gasteiger partial charge in [-0.05, 0) is 36.8 Å². The van der Waals surface area contributed by atoms with Gasteiger partial charge in [0.05, 0.1) is 0 Å². The lowest BCUT2D eigenvalue weighted by Gasteiger charge is -2.19. The molecule has 0 aromatic heterocycles. The van der Waals surface area contributed by atoms with Crippen molar-refractivity contribution in [2.24, 2.45) is 5.41 Å². The summed E-state index contributed by atoms with van der Waals surface area (Å²) in [6.45, 7) is 11.2. The molecule has 0 fully saturated rings. The molecule has 1 rings (SSSR count). The van der Waals surface area contributed by atoms with Gasteiger partial charge in [-0.2, -0.15) is 0 Å². The summed E-state index contributed by atoms with van der Waals surface area (Å²) in [6.07, 6.45) is 1.17. The Hall–Kier alpha value is -0.780. The van der Waals surface area contributed by atoms with Gasteiger partial charge in [-0.25, -0.2) is 0 Å². The largest absolute Gasteiger partial charge is 0.0599 e. The van der Waals surface area contributed by atoms with E-state index < -0.39 is 0 Å². The molecule has 0 heterocycles. The third-order valence-corrected chi connectivity index (χ3v) is 2.23. The van der Waals surface area contributed by atoms with Gasteiger partial charge in [0.1, 0.15) is 0 Å². The molecule has 0 amide bonds. The van der Waals surface area contributed by atoms with Crippen molar-refractivity contribution in [3.63, 3.8) is 0 Å². The van der Waals surface area contributed by atoms with Crippen LogP contribution >= 0.6 is 0 Å². The van der Waals surface area contributed by atoms with Crippen LogP contribution in [0, 0.1) is 19.3 Å². The van der Waals surface area contributed by atoms with Crippen LogP contribution in [0.15, 0.2) is 18.2 Å². The molecule has 1 aromatic rings. The van der Waals surface area contributed by atoms with Crippen LogP contribution in [0.2, 0.25) is 0 Å². The van der Waals surface area contributed by atoms with Gasteiger partial charge in [0.25, 0.3) is 0 Å². The van der Waals surface area contributed by atoms with E-state index in [2.05, 4.69) is 52.8 Å². The highest BCUT2D eigenvalue weighted by molar-refractivity contribution is 5.31. The smallest absolute Gasteiger partial charge is 0.0227 e. The monoisotopic (exact) mass is 176 g/mol. The van der Waals surface area contributed by atoms with Crippen molar-refractivity contribution in [1.29, 1.82) is 0 Å². The van der Waals surface area contributed by atoms with Gasteiger partial charge in [0.15, 0.2) is 0 Å². The fourth-order valence-electron chi connectivity index (χ4n) is 1.56. The molecule has 0 N–H and O–H groups in total. The molecule has 0 nitrogen and oxygen atoms in total. The number of benzene rings is 1. The normalized spacial score (nSPS) is 11.8. The Kier molecular flexibility index (Phi) is 2.80. The predicted octanol–water partition coefficient (Wildman–Crippen LogP) is 3.89. The van der Waals surface area contributed by atoms with Crippen molar-refractivity contribution in [2.75, 3.05) is 0 Å². The second kappa shape index (κ2) is 3.53. The number of hydrogen-bond acceptors (Lipinski definition) is 0. The van der Waals surface area contributed by atoms with Gasteiger partial charge in [0, 0.05) is 0 Å². The highest BCUT2D eigenvalue weighted by Crippen LogP contribution is 2.23. The van der Waals surface area contributed by atoms with Crippen molar-refractivity contribution in [1.82, 2.24) is 0 Å². The van der Waals surface area contributed by atoms with Crippen LogP contribution in [0.4, 0.5) is 0 Å². The van der Waals surface area contributed by atoms with E-state index in [1.165, 1.54) is 23.1 Å². The van der Waals surface area contributed by atoms with Crippen LogP contribution in [0.5, 0.6) is 0 Å². The standard InChI is InChI=1S/C13H20/c1-10-6-7-11(2)12(8-10)9-13(3,4)5/h6-8H,9H2,1-5H3. The molecule has 0 spiro atoms. The SMILES string of the molecule is Cc1ccc(C)c(CC(C)(C)C)c1. The van der Waals surface area contributed by atoms with E-state index in [1.54, 1.807) is 0 Å². The van der Waals surface area contributed by atoms with E-state index in [4.69, 9.17) is 0 Å². The highest BCUT2D eigenvalue weighted by atomic mass is 14.2. The van der Waals surface area contributed by atoms with Gasteiger partial charge < -0.3 is 0 Å². The van der Waals surface area contributed by atoms with Crippen LogP contribution in [-0.4, -0.2) is 0 Å². The van der Waals surface area contributed by atoms with Crippen molar-refractivity contribution < 1.29 is 0 Å². The summed E-state index contributed by atoms with van der Waals surface area (Å²) in [7, 11) is 0. The Labute approximate surface area is 82.0 Å². The lowest BCUT2D eigenvalue weighted by atomic mass is 9.86. The minimum atomic E-state index is 0.387. The van der Waals surface area contributed by atoms with Gasteiger partial charge in [-0.15, -0.1) is 0 Å². The molecule has 0 aliphatic rings. The Balaban J connectivity index is 2.94. The molecule has 0 saturated heterocycles. The van der Waals surface area contributed by atoms with Crippen LogP contribution in [0.25, 0.3) is 0 Å². The Morgan fingerprint density at radius 2 is 1.69 bits per heavy atom. The molecule has 0 aliphatic heterocycles. The van der Waals surface area contributed by atoms with E-state index in [9.17, 15) is 0 Å². The Morgan fingerprint density at radius 1 is 1.08 bits per heavy atom. The van der Waals surface area contributed by atoms with Gasteiger partial charge in [-0.3, -0.25) is 0 Å². The van der Waals surface area contributed by atoms with Crippen molar-refractivity contribution in [3.05, 3.63) is 34.9 Å². The average Bonchev–Trinajstić information content (AvgIpc) is 1.94. The summed E-state index contributed by atoms with van der Waals surface area (Å²) in [4.78, 5) is 0. The Morgan fingerprint density at radius 3 is 2.23 bits per heavy atom. The lowest BCUT2D eigenvalue weighted by molar-refractivity contribution is 0.410. The second-order valence-electron chi connectivity index (χ2n) is 5.17. The molecule has 0 bridgehead atoms. The summed E-state index contributed by atoms with van der Waals surface area (Å²) in [5, 5.41) is 0. The first kappa shape index (κ1) is 10.3. The maximum absolute atomic E-state index is 2.31. The molecule has 0 atom stereocenters. The van der Waals surface area contributed by atoms with Gasteiger partial charge in [-0.1, -0.05) is 44.5 Å². The predicted molar refractivity (Wildman–Crippen MR) is 59.1 cm³/mol. The summed E-state index contributed by atoms with van der Waals surface area (Å²) in [5.74, 6) is 0. The third kappa shape index (κ3) is 3.22. The molecule has 0 unspecified atom stereocenters. The molecular weight excluding hydrogens is 156 g/mol. The van der Waals surface area contributed by atoms with Crippen LogP contribution in [0.3, 0.4) is 0 Å². The van der Waals surface area contributed by atoms with E-state index in [1.807, 2.05) is 0 Å². The summed E-state index contributed by atoms with van der Waals surface area (Å²) >= 11 is 0.